The number of aromatic carboxylic acids is 1. The van der Waals surface area contributed by atoms with Crippen LogP contribution in [-0.2, 0) is 0 Å². The zero-order valence-electron chi connectivity index (χ0n) is 10.5. The number of nitrogens with zero attached hydrogens (tertiary/aromatic N) is 1. The highest BCUT2D eigenvalue weighted by atomic mass is 19.1. The van der Waals surface area contributed by atoms with Crippen LogP contribution in [0.1, 0.15) is 21.5 Å². The summed E-state index contributed by atoms with van der Waals surface area (Å²) in [5, 5.41) is 9.15. The topological polar surface area (TPSA) is 59.4 Å². The van der Waals surface area contributed by atoms with Gasteiger partial charge in [0.15, 0.2) is 0 Å². The fourth-order valence-electron chi connectivity index (χ4n) is 1.66. The number of aryl methyl sites for hydroxylation is 2. The number of ether oxygens (including phenoxy) is 1. The summed E-state index contributed by atoms with van der Waals surface area (Å²) in [5.41, 5.74) is 1.21. The van der Waals surface area contributed by atoms with E-state index in [0.717, 1.165) is 0 Å². The van der Waals surface area contributed by atoms with E-state index < -0.39 is 11.8 Å². The maximum Gasteiger partial charge on any atom is 0.341 e. The number of carboxylic acid groups (broad SMARTS) is 1. The van der Waals surface area contributed by atoms with Crippen molar-refractivity contribution in [3.63, 3.8) is 0 Å². The van der Waals surface area contributed by atoms with Crippen molar-refractivity contribution in [3.8, 4) is 11.6 Å². The van der Waals surface area contributed by atoms with Crippen molar-refractivity contribution in [1.29, 1.82) is 0 Å². The molecule has 0 amide bonds. The van der Waals surface area contributed by atoms with Gasteiger partial charge < -0.3 is 9.84 Å². The van der Waals surface area contributed by atoms with Crippen molar-refractivity contribution in [2.24, 2.45) is 0 Å². The molecule has 1 N–H and O–H groups in total. The van der Waals surface area contributed by atoms with Gasteiger partial charge in [0.25, 0.3) is 0 Å². The largest absolute Gasteiger partial charge is 0.477 e. The molecule has 0 saturated carbocycles. The Bertz CT molecular complexity index is 641. The van der Waals surface area contributed by atoms with E-state index in [9.17, 15) is 9.18 Å². The van der Waals surface area contributed by atoms with Crippen molar-refractivity contribution in [1.82, 2.24) is 4.98 Å². The molecule has 1 heterocycles. The molecule has 0 unspecified atom stereocenters. The van der Waals surface area contributed by atoms with E-state index in [-0.39, 0.29) is 17.2 Å². The number of benzene rings is 1. The van der Waals surface area contributed by atoms with Crippen molar-refractivity contribution in [3.05, 3.63) is 53.0 Å². The first kappa shape index (κ1) is 13.0. The minimum Gasteiger partial charge on any atom is -0.477 e. The monoisotopic (exact) mass is 261 g/mol. The molecule has 2 aromatic rings. The first-order valence-corrected chi connectivity index (χ1v) is 5.62. The molecule has 1 aromatic heterocycles. The molecule has 0 atom stereocenters. The molecule has 2 rings (SSSR count). The van der Waals surface area contributed by atoms with Crippen LogP contribution in [0, 0.1) is 19.7 Å². The lowest BCUT2D eigenvalue weighted by molar-refractivity contribution is 0.0692. The van der Waals surface area contributed by atoms with Gasteiger partial charge in [-0.25, -0.2) is 14.2 Å². The van der Waals surface area contributed by atoms with E-state index in [4.69, 9.17) is 9.84 Å². The van der Waals surface area contributed by atoms with Gasteiger partial charge in [-0.05, 0) is 37.1 Å². The highest BCUT2D eigenvalue weighted by Crippen LogP contribution is 2.28. The lowest BCUT2D eigenvalue weighted by atomic mass is 10.1. The Kier molecular flexibility index (Phi) is 3.46. The van der Waals surface area contributed by atoms with Crippen LogP contribution in [0.2, 0.25) is 0 Å². The van der Waals surface area contributed by atoms with Gasteiger partial charge in [0.2, 0.25) is 5.88 Å². The summed E-state index contributed by atoms with van der Waals surface area (Å²) in [6, 6.07) is 5.64. The van der Waals surface area contributed by atoms with Gasteiger partial charge in [0, 0.05) is 12.3 Å². The number of hydrogen-bond acceptors (Lipinski definition) is 3. The third-order valence-electron chi connectivity index (χ3n) is 2.70. The van der Waals surface area contributed by atoms with Crippen LogP contribution in [-0.4, -0.2) is 16.1 Å². The van der Waals surface area contributed by atoms with Crippen molar-refractivity contribution in [2.45, 2.75) is 13.8 Å². The number of rotatable bonds is 3. The van der Waals surface area contributed by atoms with Gasteiger partial charge in [0.05, 0.1) is 0 Å². The second-order valence-corrected chi connectivity index (χ2v) is 4.13. The highest BCUT2D eigenvalue weighted by molar-refractivity contribution is 5.91. The lowest BCUT2D eigenvalue weighted by Gasteiger charge is -2.11. The van der Waals surface area contributed by atoms with E-state index in [2.05, 4.69) is 4.98 Å². The minimum atomic E-state index is -1.13. The molecule has 0 aliphatic rings. The van der Waals surface area contributed by atoms with Gasteiger partial charge in [-0.3, -0.25) is 0 Å². The van der Waals surface area contributed by atoms with E-state index in [1.54, 1.807) is 26.0 Å². The smallest absolute Gasteiger partial charge is 0.341 e. The molecule has 0 aliphatic heterocycles. The predicted molar refractivity (Wildman–Crippen MR) is 67.1 cm³/mol. The average Bonchev–Trinajstić information content (AvgIpc) is 2.33. The van der Waals surface area contributed by atoms with Crippen LogP contribution in [0.3, 0.4) is 0 Å². The molecule has 4 nitrogen and oxygen atoms in total. The van der Waals surface area contributed by atoms with Crippen molar-refractivity contribution >= 4 is 5.97 Å². The molecule has 19 heavy (non-hydrogen) atoms. The number of carbonyl (C=O) groups is 1. The molecular weight excluding hydrogens is 249 g/mol. The molecule has 0 radical (unpaired) electrons. The van der Waals surface area contributed by atoms with Crippen LogP contribution < -0.4 is 4.74 Å². The van der Waals surface area contributed by atoms with Gasteiger partial charge in [-0.15, -0.1) is 0 Å². The van der Waals surface area contributed by atoms with E-state index in [1.807, 2.05) is 0 Å². The van der Waals surface area contributed by atoms with Crippen LogP contribution in [0.15, 0.2) is 30.5 Å². The van der Waals surface area contributed by atoms with E-state index in [0.29, 0.717) is 11.1 Å². The SMILES string of the molecule is Cc1ccc(F)cc1Oc1nccc(C)c1C(=O)O. The Morgan fingerprint density at radius 3 is 2.68 bits per heavy atom. The molecule has 5 heteroatoms. The maximum atomic E-state index is 13.2. The zero-order chi connectivity index (χ0) is 14.0. The number of pyridine rings is 1. The average molecular weight is 261 g/mol. The Labute approximate surface area is 109 Å². The lowest BCUT2D eigenvalue weighted by Crippen LogP contribution is -2.05. The van der Waals surface area contributed by atoms with Crippen molar-refractivity contribution in [2.75, 3.05) is 0 Å². The van der Waals surface area contributed by atoms with E-state index >= 15 is 0 Å². The molecule has 0 spiro atoms. The van der Waals surface area contributed by atoms with Crippen LogP contribution in [0.25, 0.3) is 0 Å². The summed E-state index contributed by atoms with van der Waals surface area (Å²) in [6.07, 6.45) is 1.45. The molecule has 0 aliphatic carbocycles. The molecule has 1 aromatic carbocycles. The summed E-state index contributed by atoms with van der Waals surface area (Å²) < 4.78 is 18.6. The number of halogens is 1. The number of aromatic nitrogens is 1. The molecule has 0 fully saturated rings. The van der Waals surface area contributed by atoms with Crippen LogP contribution >= 0.6 is 0 Å². The van der Waals surface area contributed by atoms with Gasteiger partial charge in [-0.1, -0.05) is 6.07 Å². The second-order valence-electron chi connectivity index (χ2n) is 4.13. The fraction of sp³-hybridized carbons (Fsp3) is 0.143. The van der Waals surface area contributed by atoms with Crippen LogP contribution in [0.4, 0.5) is 4.39 Å². The summed E-state index contributed by atoms with van der Waals surface area (Å²) in [6.45, 7) is 3.39. The third-order valence-corrected chi connectivity index (χ3v) is 2.70. The van der Waals surface area contributed by atoms with Crippen molar-refractivity contribution < 1.29 is 19.0 Å². The molecule has 98 valence electrons. The zero-order valence-corrected chi connectivity index (χ0v) is 10.5. The highest BCUT2D eigenvalue weighted by Gasteiger charge is 2.17. The Balaban J connectivity index is 2.46. The first-order valence-electron chi connectivity index (χ1n) is 5.62. The third kappa shape index (κ3) is 2.70. The van der Waals surface area contributed by atoms with E-state index in [1.165, 1.54) is 18.3 Å². The Hall–Kier alpha value is -2.43. The maximum absolute atomic E-state index is 13.2. The second kappa shape index (κ2) is 5.06. The molecular formula is C14H12FNO3. The number of hydrogen-bond donors (Lipinski definition) is 1. The molecule has 0 bridgehead atoms. The summed E-state index contributed by atoms with van der Waals surface area (Å²) >= 11 is 0. The normalized spacial score (nSPS) is 10.3. The summed E-state index contributed by atoms with van der Waals surface area (Å²) in [5.74, 6) is -1.37. The first-order chi connectivity index (χ1) is 8.99. The number of carboxylic acids is 1. The summed E-state index contributed by atoms with van der Waals surface area (Å²) in [7, 11) is 0. The van der Waals surface area contributed by atoms with Gasteiger partial charge in [-0.2, -0.15) is 0 Å². The Morgan fingerprint density at radius 1 is 1.26 bits per heavy atom. The Morgan fingerprint density at radius 2 is 2.00 bits per heavy atom. The molecule has 0 saturated heterocycles. The summed E-state index contributed by atoms with van der Waals surface area (Å²) in [4.78, 5) is 15.1. The van der Waals surface area contributed by atoms with Gasteiger partial charge in [0.1, 0.15) is 17.1 Å². The fourth-order valence-corrected chi connectivity index (χ4v) is 1.66. The minimum absolute atomic E-state index is 0.0221. The quantitative estimate of drug-likeness (QED) is 0.920. The predicted octanol–water partition coefficient (Wildman–Crippen LogP) is 3.33. The van der Waals surface area contributed by atoms with Gasteiger partial charge >= 0.3 is 5.97 Å². The van der Waals surface area contributed by atoms with Crippen LogP contribution in [0.5, 0.6) is 11.6 Å². The standard InChI is InChI=1S/C14H12FNO3/c1-8-3-4-10(15)7-11(8)19-13-12(14(17)18)9(2)5-6-16-13/h3-7H,1-2H3,(H,17,18).